The molecule has 1 amide bonds. The number of hydrogen-bond acceptors (Lipinski definition) is 3. The second kappa shape index (κ2) is 6.69. The van der Waals surface area contributed by atoms with Crippen LogP contribution in [0.25, 0.3) is 0 Å². The van der Waals surface area contributed by atoms with Crippen LogP contribution in [0.3, 0.4) is 0 Å². The number of nitrogens with zero attached hydrogens (tertiary/aromatic N) is 1. The van der Waals surface area contributed by atoms with E-state index in [1.807, 2.05) is 18.2 Å². The van der Waals surface area contributed by atoms with Crippen LogP contribution in [-0.2, 0) is 4.79 Å². The number of nitrogens with one attached hydrogen (secondary N) is 1. The normalized spacial score (nSPS) is 25.6. The van der Waals surface area contributed by atoms with Gasteiger partial charge in [0.2, 0.25) is 5.91 Å². The minimum atomic E-state index is 0.178. The highest BCUT2D eigenvalue weighted by molar-refractivity contribution is 5.77. The maximum atomic E-state index is 12.7. The molecule has 4 heteroatoms. The van der Waals surface area contributed by atoms with Gasteiger partial charge in [0.15, 0.2) is 0 Å². The minimum absolute atomic E-state index is 0.178. The van der Waals surface area contributed by atoms with Gasteiger partial charge in [0.25, 0.3) is 0 Å². The predicted octanol–water partition coefficient (Wildman–Crippen LogP) is 2.54. The van der Waals surface area contributed by atoms with Gasteiger partial charge < -0.3 is 15.0 Å². The number of carbonyl (C=O) groups excluding carboxylic acids is 1. The Bertz CT molecular complexity index is 532. The third kappa shape index (κ3) is 3.27. The molecule has 0 saturated carbocycles. The summed E-state index contributed by atoms with van der Waals surface area (Å²) in [6.45, 7) is 3.87. The molecule has 2 fully saturated rings. The molecule has 3 rings (SSSR count). The molecule has 1 aromatic rings. The van der Waals surface area contributed by atoms with Crippen LogP contribution in [0.2, 0.25) is 0 Å². The first-order valence-corrected chi connectivity index (χ1v) is 8.34. The molecule has 1 aromatic carbocycles. The maximum Gasteiger partial charge on any atom is 0.223 e. The molecule has 1 N–H and O–H groups in total. The molecule has 22 heavy (non-hydrogen) atoms. The molecule has 0 radical (unpaired) electrons. The quantitative estimate of drug-likeness (QED) is 0.929. The molecular formula is C18H26N2O2. The van der Waals surface area contributed by atoms with E-state index >= 15 is 0 Å². The van der Waals surface area contributed by atoms with E-state index in [9.17, 15) is 4.79 Å². The van der Waals surface area contributed by atoms with E-state index in [1.165, 1.54) is 12.8 Å². The summed E-state index contributed by atoms with van der Waals surface area (Å²) in [6.07, 6.45) is 4.11. The Kier molecular flexibility index (Phi) is 4.67. The standard InChI is InChI=1S/C18H26N2O2/c1-13(16-5-3-4-6-17(16)22-2)11-18(21)20-10-9-14-7-8-15(12-20)19-14/h3-6,13-15,19H,7-12H2,1-2H3. The summed E-state index contributed by atoms with van der Waals surface area (Å²) in [6, 6.07) is 9.11. The van der Waals surface area contributed by atoms with Crippen molar-refractivity contribution in [2.24, 2.45) is 0 Å². The first-order chi connectivity index (χ1) is 10.7. The van der Waals surface area contributed by atoms with Gasteiger partial charge in [-0.1, -0.05) is 25.1 Å². The molecule has 0 aromatic heterocycles. The van der Waals surface area contributed by atoms with Gasteiger partial charge in [-0.3, -0.25) is 4.79 Å². The SMILES string of the molecule is COc1ccccc1C(C)CC(=O)N1CCC2CCC(C1)N2. The van der Waals surface area contributed by atoms with Crippen LogP contribution in [0.4, 0.5) is 0 Å². The number of fused-ring (bicyclic) bond motifs is 2. The molecule has 0 aliphatic carbocycles. The van der Waals surface area contributed by atoms with Crippen LogP contribution >= 0.6 is 0 Å². The van der Waals surface area contributed by atoms with Gasteiger partial charge in [-0.05, 0) is 36.8 Å². The highest BCUT2D eigenvalue weighted by Crippen LogP contribution is 2.29. The second-order valence-electron chi connectivity index (χ2n) is 6.61. The summed E-state index contributed by atoms with van der Waals surface area (Å²) in [5, 5.41) is 3.63. The van der Waals surface area contributed by atoms with Crippen molar-refractivity contribution in [3.05, 3.63) is 29.8 Å². The molecule has 2 aliphatic rings. The van der Waals surface area contributed by atoms with Gasteiger partial charge in [0.05, 0.1) is 7.11 Å². The van der Waals surface area contributed by atoms with Crippen molar-refractivity contribution in [3.8, 4) is 5.75 Å². The molecule has 2 heterocycles. The Hall–Kier alpha value is -1.55. The van der Waals surface area contributed by atoms with Gasteiger partial charge in [-0.2, -0.15) is 0 Å². The molecule has 2 bridgehead atoms. The van der Waals surface area contributed by atoms with Crippen molar-refractivity contribution < 1.29 is 9.53 Å². The van der Waals surface area contributed by atoms with Crippen LogP contribution in [0.15, 0.2) is 24.3 Å². The summed E-state index contributed by atoms with van der Waals surface area (Å²) in [5.74, 6) is 1.32. The third-order valence-electron chi connectivity index (χ3n) is 5.03. The topological polar surface area (TPSA) is 41.6 Å². The molecule has 2 aliphatic heterocycles. The number of ether oxygens (including phenoxy) is 1. The van der Waals surface area contributed by atoms with Gasteiger partial charge in [-0.25, -0.2) is 0 Å². The molecule has 4 nitrogen and oxygen atoms in total. The number of benzene rings is 1. The Morgan fingerprint density at radius 1 is 1.32 bits per heavy atom. The van der Waals surface area contributed by atoms with E-state index in [4.69, 9.17) is 4.74 Å². The maximum absolute atomic E-state index is 12.7. The van der Waals surface area contributed by atoms with Gasteiger partial charge in [0, 0.05) is 31.6 Å². The fraction of sp³-hybridized carbons (Fsp3) is 0.611. The van der Waals surface area contributed by atoms with Gasteiger partial charge in [0.1, 0.15) is 5.75 Å². The average molecular weight is 302 g/mol. The van der Waals surface area contributed by atoms with Crippen LogP contribution < -0.4 is 10.1 Å². The lowest BCUT2D eigenvalue weighted by molar-refractivity contribution is -0.131. The lowest BCUT2D eigenvalue weighted by atomic mass is 9.96. The Balaban J connectivity index is 1.63. The fourth-order valence-corrected chi connectivity index (χ4v) is 3.74. The van der Waals surface area contributed by atoms with Crippen molar-refractivity contribution in [1.29, 1.82) is 0 Å². The van der Waals surface area contributed by atoms with E-state index < -0.39 is 0 Å². The van der Waals surface area contributed by atoms with E-state index in [-0.39, 0.29) is 11.8 Å². The monoisotopic (exact) mass is 302 g/mol. The number of para-hydroxylation sites is 1. The summed E-state index contributed by atoms with van der Waals surface area (Å²) in [7, 11) is 1.69. The number of hydrogen-bond donors (Lipinski definition) is 1. The number of amides is 1. The zero-order chi connectivity index (χ0) is 15.5. The summed E-state index contributed by atoms with van der Waals surface area (Å²) in [4.78, 5) is 14.7. The van der Waals surface area contributed by atoms with E-state index in [2.05, 4.69) is 23.2 Å². The third-order valence-corrected chi connectivity index (χ3v) is 5.03. The highest BCUT2D eigenvalue weighted by Gasteiger charge is 2.31. The smallest absolute Gasteiger partial charge is 0.223 e. The zero-order valence-electron chi connectivity index (χ0n) is 13.5. The lowest BCUT2D eigenvalue weighted by Gasteiger charge is -2.26. The first kappa shape index (κ1) is 15.3. The van der Waals surface area contributed by atoms with Crippen molar-refractivity contribution in [3.63, 3.8) is 0 Å². The average Bonchev–Trinajstić information content (AvgIpc) is 2.86. The van der Waals surface area contributed by atoms with E-state index in [1.54, 1.807) is 7.11 Å². The van der Waals surface area contributed by atoms with Crippen LogP contribution in [0.1, 0.15) is 44.1 Å². The largest absolute Gasteiger partial charge is 0.496 e. The number of likely N-dealkylation sites (tertiary alicyclic amines) is 1. The minimum Gasteiger partial charge on any atom is -0.496 e. The summed E-state index contributed by atoms with van der Waals surface area (Å²) < 4.78 is 5.42. The van der Waals surface area contributed by atoms with E-state index in [0.717, 1.165) is 30.8 Å². The van der Waals surface area contributed by atoms with E-state index in [0.29, 0.717) is 18.5 Å². The molecule has 2 saturated heterocycles. The van der Waals surface area contributed by atoms with Crippen molar-refractivity contribution in [2.45, 2.75) is 50.6 Å². The lowest BCUT2D eigenvalue weighted by Crippen LogP contribution is -2.39. The van der Waals surface area contributed by atoms with Crippen LogP contribution in [0, 0.1) is 0 Å². The number of carbonyl (C=O) groups is 1. The molecule has 0 spiro atoms. The highest BCUT2D eigenvalue weighted by atomic mass is 16.5. The Morgan fingerprint density at radius 2 is 2.09 bits per heavy atom. The fourth-order valence-electron chi connectivity index (χ4n) is 3.74. The van der Waals surface area contributed by atoms with Crippen LogP contribution in [0.5, 0.6) is 5.75 Å². The molecule has 3 atom stereocenters. The second-order valence-corrected chi connectivity index (χ2v) is 6.61. The Morgan fingerprint density at radius 3 is 2.91 bits per heavy atom. The van der Waals surface area contributed by atoms with Gasteiger partial charge in [-0.15, -0.1) is 0 Å². The van der Waals surface area contributed by atoms with Crippen molar-refractivity contribution >= 4 is 5.91 Å². The zero-order valence-corrected chi connectivity index (χ0v) is 13.5. The van der Waals surface area contributed by atoms with Crippen molar-refractivity contribution in [1.82, 2.24) is 10.2 Å². The van der Waals surface area contributed by atoms with Crippen LogP contribution in [-0.4, -0.2) is 43.1 Å². The molecule has 120 valence electrons. The number of methoxy groups -OCH3 is 1. The number of rotatable bonds is 4. The molecule has 3 unspecified atom stereocenters. The summed E-state index contributed by atoms with van der Waals surface area (Å²) in [5.41, 5.74) is 1.12. The van der Waals surface area contributed by atoms with Crippen molar-refractivity contribution in [2.75, 3.05) is 20.2 Å². The first-order valence-electron chi connectivity index (χ1n) is 8.34. The summed E-state index contributed by atoms with van der Waals surface area (Å²) >= 11 is 0. The predicted molar refractivity (Wildman–Crippen MR) is 87.2 cm³/mol. The molecular weight excluding hydrogens is 276 g/mol. The van der Waals surface area contributed by atoms with Gasteiger partial charge >= 0.3 is 0 Å². The Labute approximate surface area is 132 Å².